The van der Waals surface area contributed by atoms with Crippen LogP contribution in [0.1, 0.15) is 38.3 Å². The highest BCUT2D eigenvalue weighted by atomic mass is 32.2. The zero-order valence-corrected chi connectivity index (χ0v) is 14.7. The first-order valence-electron chi connectivity index (χ1n) is 7.51. The van der Waals surface area contributed by atoms with Crippen LogP contribution in [0.3, 0.4) is 0 Å². The van der Waals surface area contributed by atoms with Gasteiger partial charge in [0.15, 0.2) is 0 Å². The number of aryl methyl sites for hydroxylation is 2. The third-order valence-corrected chi connectivity index (χ3v) is 5.42. The molecular weight excluding hydrogens is 302 g/mol. The van der Waals surface area contributed by atoms with Gasteiger partial charge in [0.25, 0.3) is 0 Å². The molecule has 1 atom stereocenters. The van der Waals surface area contributed by atoms with Crippen molar-refractivity contribution in [2.75, 3.05) is 16.7 Å². The van der Waals surface area contributed by atoms with Gasteiger partial charge in [-0.25, -0.2) is 13.2 Å². The Hall–Kier alpha value is -1.56. The Morgan fingerprint density at radius 1 is 1.23 bits per heavy atom. The molecular formula is C16H25NO4S. The lowest BCUT2D eigenvalue weighted by atomic mass is 10.1. The van der Waals surface area contributed by atoms with Crippen molar-refractivity contribution in [2.24, 2.45) is 0 Å². The number of hydrogen-bond donors (Lipinski definition) is 0. The van der Waals surface area contributed by atoms with Gasteiger partial charge in [-0.15, -0.1) is 0 Å². The van der Waals surface area contributed by atoms with Gasteiger partial charge in [0.1, 0.15) is 6.04 Å². The molecule has 0 aromatic heterocycles. The van der Waals surface area contributed by atoms with Crippen LogP contribution in [0.25, 0.3) is 0 Å². The van der Waals surface area contributed by atoms with E-state index in [-0.39, 0.29) is 12.4 Å². The first-order valence-corrected chi connectivity index (χ1v) is 9.12. The van der Waals surface area contributed by atoms with Crippen LogP contribution in [0.5, 0.6) is 0 Å². The number of benzene rings is 1. The first kappa shape index (κ1) is 18.5. The van der Waals surface area contributed by atoms with Crippen LogP contribution in [-0.2, 0) is 19.6 Å². The molecule has 0 aliphatic rings. The fourth-order valence-electron chi connectivity index (χ4n) is 2.44. The van der Waals surface area contributed by atoms with E-state index in [1.54, 1.807) is 20.8 Å². The number of hydrogen-bond acceptors (Lipinski definition) is 4. The molecule has 1 rings (SSSR count). The molecule has 22 heavy (non-hydrogen) atoms. The number of rotatable bonds is 7. The van der Waals surface area contributed by atoms with Crippen LogP contribution in [-0.4, -0.2) is 32.8 Å². The van der Waals surface area contributed by atoms with Crippen molar-refractivity contribution in [3.8, 4) is 0 Å². The summed E-state index contributed by atoms with van der Waals surface area (Å²) in [5.41, 5.74) is 2.20. The third kappa shape index (κ3) is 4.00. The van der Waals surface area contributed by atoms with Crippen LogP contribution in [0.2, 0.25) is 0 Å². The predicted molar refractivity (Wildman–Crippen MR) is 88.6 cm³/mol. The van der Waals surface area contributed by atoms with E-state index in [0.29, 0.717) is 12.1 Å². The Labute approximate surface area is 133 Å². The van der Waals surface area contributed by atoms with Crippen LogP contribution < -0.4 is 4.31 Å². The lowest BCUT2D eigenvalue weighted by molar-refractivity contribution is -0.144. The van der Waals surface area contributed by atoms with Crippen LogP contribution in [0.4, 0.5) is 5.69 Å². The maximum absolute atomic E-state index is 12.7. The summed E-state index contributed by atoms with van der Waals surface area (Å²) < 4.78 is 31.6. The molecule has 0 radical (unpaired) electrons. The Kier molecular flexibility index (Phi) is 6.41. The number of carbonyl (C=O) groups excluding carboxylic acids is 1. The van der Waals surface area contributed by atoms with Gasteiger partial charge in [-0.1, -0.05) is 25.1 Å². The molecule has 5 nitrogen and oxygen atoms in total. The summed E-state index contributed by atoms with van der Waals surface area (Å²) in [4.78, 5) is 12.1. The monoisotopic (exact) mass is 327 g/mol. The topological polar surface area (TPSA) is 63.7 Å². The lowest BCUT2D eigenvalue weighted by Gasteiger charge is -2.31. The number of esters is 1. The highest BCUT2D eigenvalue weighted by Gasteiger charge is 2.34. The quantitative estimate of drug-likeness (QED) is 0.722. The lowest BCUT2D eigenvalue weighted by Crippen LogP contribution is -2.46. The van der Waals surface area contributed by atoms with E-state index in [0.717, 1.165) is 11.1 Å². The molecule has 0 amide bonds. The van der Waals surface area contributed by atoms with Crippen molar-refractivity contribution in [3.63, 3.8) is 0 Å². The van der Waals surface area contributed by atoms with E-state index in [4.69, 9.17) is 4.74 Å². The normalized spacial score (nSPS) is 12.8. The van der Waals surface area contributed by atoms with Gasteiger partial charge < -0.3 is 4.74 Å². The molecule has 0 bridgehead atoms. The van der Waals surface area contributed by atoms with E-state index in [2.05, 4.69) is 0 Å². The second kappa shape index (κ2) is 7.63. The van der Waals surface area contributed by atoms with Crippen molar-refractivity contribution in [3.05, 3.63) is 29.3 Å². The number of anilines is 1. The third-order valence-electron chi connectivity index (χ3n) is 3.40. The largest absolute Gasteiger partial charge is 0.464 e. The van der Waals surface area contributed by atoms with Gasteiger partial charge in [-0.05, 0) is 45.2 Å². The number of carbonyl (C=O) groups is 1. The van der Waals surface area contributed by atoms with Crippen LogP contribution >= 0.6 is 0 Å². The van der Waals surface area contributed by atoms with E-state index in [9.17, 15) is 13.2 Å². The summed E-state index contributed by atoms with van der Waals surface area (Å²) in [6, 6.07) is 4.66. The molecule has 0 saturated carbocycles. The minimum atomic E-state index is -3.60. The minimum absolute atomic E-state index is 0.00941. The van der Waals surface area contributed by atoms with E-state index >= 15 is 0 Å². The highest BCUT2D eigenvalue weighted by Crippen LogP contribution is 2.30. The van der Waals surface area contributed by atoms with Gasteiger partial charge in [-0.3, -0.25) is 4.31 Å². The first-order chi connectivity index (χ1) is 10.3. The summed E-state index contributed by atoms with van der Waals surface area (Å²) in [6.45, 7) is 8.97. The highest BCUT2D eigenvalue weighted by molar-refractivity contribution is 7.92. The summed E-state index contributed by atoms with van der Waals surface area (Å²) in [5, 5.41) is 0. The van der Waals surface area contributed by atoms with Crippen molar-refractivity contribution in [1.29, 1.82) is 0 Å². The molecule has 0 N–H and O–H groups in total. The smallest absolute Gasteiger partial charge is 0.329 e. The van der Waals surface area contributed by atoms with Gasteiger partial charge >= 0.3 is 5.97 Å². The van der Waals surface area contributed by atoms with Gasteiger partial charge in [-0.2, -0.15) is 0 Å². The number of ether oxygens (including phenoxy) is 1. The number of para-hydroxylation sites is 1. The fourth-order valence-corrected chi connectivity index (χ4v) is 4.29. The Bertz CT molecular complexity index is 605. The van der Waals surface area contributed by atoms with Crippen molar-refractivity contribution in [1.82, 2.24) is 0 Å². The van der Waals surface area contributed by atoms with E-state index in [1.807, 2.05) is 32.0 Å². The summed E-state index contributed by atoms with van der Waals surface area (Å²) in [7, 11) is -3.60. The average molecular weight is 327 g/mol. The van der Waals surface area contributed by atoms with Crippen molar-refractivity contribution in [2.45, 2.75) is 47.1 Å². The summed E-state index contributed by atoms with van der Waals surface area (Å²) in [5.74, 6) is -0.547. The molecule has 0 heterocycles. The Balaban J connectivity index is 3.44. The standard InChI is InChI=1S/C16H25NO4S/c1-6-11-22(19,20)17(14(5)16(18)21-7-2)15-12(3)9-8-10-13(15)4/h8-10,14H,6-7,11H2,1-5H3. The summed E-state index contributed by atoms with van der Waals surface area (Å²) in [6.07, 6.45) is 0.485. The molecule has 0 aliphatic heterocycles. The molecule has 6 heteroatoms. The maximum Gasteiger partial charge on any atom is 0.329 e. The molecule has 1 unspecified atom stereocenters. The molecule has 124 valence electrons. The fraction of sp³-hybridized carbons (Fsp3) is 0.562. The average Bonchev–Trinajstić information content (AvgIpc) is 2.42. The molecule has 1 aromatic rings. The Morgan fingerprint density at radius 3 is 2.23 bits per heavy atom. The summed E-state index contributed by atoms with van der Waals surface area (Å²) >= 11 is 0. The minimum Gasteiger partial charge on any atom is -0.464 e. The van der Waals surface area contributed by atoms with Crippen LogP contribution in [0, 0.1) is 13.8 Å². The maximum atomic E-state index is 12.7. The Morgan fingerprint density at radius 2 is 1.77 bits per heavy atom. The zero-order valence-electron chi connectivity index (χ0n) is 13.9. The van der Waals surface area contributed by atoms with E-state index < -0.39 is 22.0 Å². The van der Waals surface area contributed by atoms with Gasteiger partial charge in [0, 0.05) is 0 Å². The van der Waals surface area contributed by atoms with Crippen molar-refractivity contribution >= 4 is 21.7 Å². The second-order valence-electron chi connectivity index (χ2n) is 5.28. The number of sulfonamides is 1. The molecule has 1 aromatic carbocycles. The number of nitrogens with zero attached hydrogens (tertiary/aromatic N) is 1. The SMILES string of the molecule is CCCS(=O)(=O)N(c1c(C)cccc1C)C(C)C(=O)OCC. The van der Waals surface area contributed by atoms with Gasteiger partial charge in [0.2, 0.25) is 10.0 Å². The zero-order chi connectivity index (χ0) is 16.9. The second-order valence-corrected chi connectivity index (χ2v) is 7.25. The predicted octanol–water partition coefficient (Wildman–Crippen LogP) is 2.80. The van der Waals surface area contributed by atoms with Crippen LogP contribution in [0.15, 0.2) is 18.2 Å². The molecule has 0 spiro atoms. The molecule has 0 aliphatic carbocycles. The molecule has 0 saturated heterocycles. The van der Waals surface area contributed by atoms with Crippen molar-refractivity contribution < 1.29 is 17.9 Å². The van der Waals surface area contributed by atoms with Gasteiger partial charge in [0.05, 0.1) is 18.0 Å². The molecule has 0 fully saturated rings. The van der Waals surface area contributed by atoms with E-state index in [1.165, 1.54) is 4.31 Å².